The summed E-state index contributed by atoms with van der Waals surface area (Å²) in [7, 11) is 0.0565. The van der Waals surface area contributed by atoms with Gasteiger partial charge in [-0.2, -0.15) is 0 Å². The number of sulfonamides is 1. The zero-order chi connectivity index (χ0) is 16.2. The summed E-state index contributed by atoms with van der Waals surface area (Å²) < 4.78 is 24.7. The molecule has 0 aliphatic carbocycles. The molecule has 2 rings (SSSR count). The lowest BCUT2D eigenvalue weighted by Gasteiger charge is -2.36. The van der Waals surface area contributed by atoms with Gasteiger partial charge in [-0.25, -0.2) is 12.7 Å². The van der Waals surface area contributed by atoms with Crippen molar-refractivity contribution in [2.24, 2.45) is 0 Å². The summed E-state index contributed by atoms with van der Waals surface area (Å²) in [5.74, 6) is 0.487. The Labute approximate surface area is 133 Å². The van der Waals surface area contributed by atoms with Crippen molar-refractivity contribution in [3.05, 3.63) is 24.3 Å². The van der Waals surface area contributed by atoms with Crippen LogP contribution >= 0.6 is 0 Å². The Bertz CT molecular complexity index is 581. The molecule has 0 spiro atoms. The third-order valence-electron chi connectivity index (χ3n) is 4.00. The molecule has 22 heavy (non-hydrogen) atoms. The highest BCUT2D eigenvalue weighted by Gasteiger charge is 2.19. The van der Waals surface area contributed by atoms with E-state index in [1.54, 1.807) is 26.2 Å². The van der Waals surface area contributed by atoms with Gasteiger partial charge in [-0.3, -0.25) is 4.90 Å². The lowest BCUT2D eigenvalue weighted by Crippen LogP contribution is -2.47. The van der Waals surface area contributed by atoms with Crippen molar-refractivity contribution in [2.75, 3.05) is 57.5 Å². The Morgan fingerprint density at radius 3 is 2.45 bits per heavy atom. The van der Waals surface area contributed by atoms with Gasteiger partial charge in [0, 0.05) is 52.0 Å². The molecule has 124 valence electrons. The summed E-state index contributed by atoms with van der Waals surface area (Å²) in [6, 6.07) is 7.30. The monoisotopic (exact) mass is 327 g/mol. The van der Waals surface area contributed by atoms with Crippen molar-refractivity contribution in [2.45, 2.75) is 6.42 Å². The second kappa shape index (κ2) is 7.30. The number of rotatable bonds is 6. The van der Waals surface area contributed by atoms with Crippen LogP contribution in [0.25, 0.3) is 0 Å². The maximum Gasteiger partial charge on any atom is 0.213 e. The van der Waals surface area contributed by atoms with E-state index >= 15 is 0 Å². The number of nitrogens with zero attached hydrogens (tertiary/aromatic N) is 3. The topological polar surface area (TPSA) is 64.1 Å². The van der Waals surface area contributed by atoms with E-state index in [0.29, 0.717) is 6.42 Å². The van der Waals surface area contributed by atoms with E-state index < -0.39 is 10.0 Å². The molecule has 6 nitrogen and oxygen atoms in total. The largest absolute Gasteiger partial charge is 0.508 e. The Morgan fingerprint density at radius 2 is 1.86 bits per heavy atom. The fourth-order valence-electron chi connectivity index (χ4n) is 2.57. The molecular formula is C15H25N3O3S. The van der Waals surface area contributed by atoms with E-state index in [1.807, 2.05) is 12.1 Å². The van der Waals surface area contributed by atoms with Crippen LogP contribution in [-0.2, 0) is 10.0 Å². The third-order valence-corrected chi connectivity index (χ3v) is 5.92. The molecule has 7 heteroatoms. The minimum Gasteiger partial charge on any atom is -0.508 e. The summed E-state index contributed by atoms with van der Waals surface area (Å²) in [6.45, 7) is 4.42. The zero-order valence-corrected chi connectivity index (χ0v) is 14.1. The summed E-state index contributed by atoms with van der Waals surface area (Å²) in [4.78, 5) is 4.54. The second-order valence-electron chi connectivity index (χ2n) is 5.80. The van der Waals surface area contributed by atoms with Gasteiger partial charge in [0.15, 0.2) is 0 Å². The molecule has 1 heterocycles. The van der Waals surface area contributed by atoms with Gasteiger partial charge in [0.1, 0.15) is 5.75 Å². The first kappa shape index (κ1) is 17.1. The predicted octanol–water partition coefficient (Wildman–Crippen LogP) is 0.796. The normalized spacial score (nSPS) is 17.1. The first-order valence-corrected chi connectivity index (χ1v) is 9.16. The molecule has 1 aliphatic heterocycles. The predicted molar refractivity (Wildman–Crippen MR) is 88.9 cm³/mol. The van der Waals surface area contributed by atoms with Gasteiger partial charge < -0.3 is 10.0 Å². The van der Waals surface area contributed by atoms with E-state index in [0.717, 1.165) is 38.4 Å². The fourth-order valence-corrected chi connectivity index (χ4v) is 3.43. The number of anilines is 1. The first-order valence-electron chi connectivity index (χ1n) is 7.55. The van der Waals surface area contributed by atoms with Crippen LogP contribution in [0.2, 0.25) is 0 Å². The number of phenols is 1. The van der Waals surface area contributed by atoms with E-state index in [9.17, 15) is 13.5 Å². The molecule has 0 bridgehead atoms. The molecular weight excluding hydrogens is 302 g/mol. The highest BCUT2D eigenvalue weighted by molar-refractivity contribution is 7.89. The van der Waals surface area contributed by atoms with Crippen molar-refractivity contribution in [1.29, 1.82) is 0 Å². The van der Waals surface area contributed by atoms with E-state index in [4.69, 9.17) is 0 Å². The number of piperazine rings is 1. The molecule has 0 aromatic heterocycles. The lowest BCUT2D eigenvalue weighted by atomic mass is 10.2. The van der Waals surface area contributed by atoms with Gasteiger partial charge in [-0.05, 0) is 25.1 Å². The maximum absolute atomic E-state index is 11.7. The van der Waals surface area contributed by atoms with Crippen molar-refractivity contribution in [3.8, 4) is 5.75 Å². The van der Waals surface area contributed by atoms with E-state index in [-0.39, 0.29) is 11.5 Å². The zero-order valence-electron chi connectivity index (χ0n) is 13.3. The smallest absolute Gasteiger partial charge is 0.213 e. The summed E-state index contributed by atoms with van der Waals surface area (Å²) >= 11 is 0. The number of phenolic OH excluding ortho intramolecular Hbond substituents is 1. The van der Waals surface area contributed by atoms with Crippen molar-refractivity contribution in [3.63, 3.8) is 0 Å². The molecule has 1 fully saturated rings. The van der Waals surface area contributed by atoms with Crippen molar-refractivity contribution >= 4 is 15.7 Å². The van der Waals surface area contributed by atoms with E-state index in [2.05, 4.69) is 9.80 Å². The van der Waals surface area contributed by atoms with Crippen LogP contribution in [0.15, 0.2) is 24.3 Å². The van der Waals surface area contributed by atoms with Crippen molar-refractivity contribution < 1.29 is 13.5 Å². The number of hydrogen-bond donors (Lipinski definition) is 1. The molecule has 0 saturated carbocycles. The Kier molecular flexibility index (Phi) is 5.66. The van der Waals surface area contributed by atoms with Crippen LogP contribution in [0.5, 0.6) is 5.75 Å². The molecule has 0 amide bonds. The molecule has 1 aliphatic rings. The van der Waals surface area contributed by atoms with Gasteiger partial charge in [-0.15, -0.1) is 0 Å². The molecule has 1 aromatic rings. The van der Waals surface area contributed by atoms with Gasteiger partial charge in [0.05, 0.1) is 5.75 Å². The highest BCUT2D eigenvalue weighted by Crippen LogP contribution is 2.21. The number of benzene rings is 1. The minimum absolute atomic E-state index is 0.201. The highest BCUT2D eigenvalue weighted by atomic mass is 32.2. The van der Waals surface area contributed by atoms with Gasteiger partial charge in [0.25, 0.3) is 0 Å². The van der Waals surface area contributed by atoms with Gasteiger partial charge in [-0.1, -0.05) is 6.07 Å². The average molecular weight is 327 g/mol. The lowest BCUT2D eigenvalue weighted by molar-refractivity contribution is 0.258. The molecule has 0 radical (unpaired) electrons. The standard InChI is InChI=1S/C15H25N3O3S/c1-16(2)22(20,21)12-4-7-17-8-10-18(11-9-17)14-5-3-6-15(19)13-14/h3,5-6,13,19H,4,7-12H2,1-2H3. The molecule has 1 aromatic carbocycles. The third kappa shape index (κ3) is 4.59. The Morgan fingerprint density at radius 1 is 1.18 bits per heavy atom. The summed E-state index contributed by atoms with van der Waals surface area (Å²) in [6.07, 6.45) is 0.659. The summed E-state index contributed by atoms with van der Waals surface area (Å²) in [5, 5.41) is 9.53. The van der Waals surface area contributed by atoms with E-state index in [1.165, 1.54) is 4.31 Å². The fraction of sp³-hybridized carbons (Fsp3) is 0.600. The molecule has 1 saturated heterocycles. The van der Waals surface area contributed by atoms with Crippen LogP contribution in [0.1, 0.15) is 6.42 Å². The average Bonchev–Trinajstić information content (AvgIpc) is 2.47. The molecule has 1 N–H and O–H groups in total. The Balaban J connectivity index is 1.76. The van der Waals surface area contributed by atoms with Crippen LogP contribution in [-0.4, -0.2) is 75.3 Å². The SMILES string of the molecule is CN(C)S(=O)(=O)CCCN1CCN(c2cccc(O)c2)CC1. The second-order valence-corrected chi connectivity index (χ2v) is 8.10. The van der Waals surface area contributed by atoms with Gasteiger partial charge in [0.2, 0.25) is 10.0 Å². The quantitative estimate of drug-likeness (QED) is 0.837. The van der Waals surface area contributed by atoms with Crippen molar-refractivity contribution in [1.82, 2.24) is 9.21 Å². The first-order chi connectivity index (χ1) is 10.4. The number of hydrogen-bond acceptors (Lipinski definition) is 5. The van der Waals surface area contributed by atoms with Crippen LogP contribution in [0.4, 0.5) is 5.69 Å². The maximum atomic E-state index is 11.7. The molecule has 0 unspecified atom stereocenters. The molecule has 0 atom stereocenters. The Hall–Kier alpha value is -1.31. The van der Waals surface area contributed by atoms with Crippen LogP contribution < -0.4 is 4.90 Å². The number of aromatic hydroxyl groups is 1. The summed E-state index contributed by atoms with van der Waals surface area (Å²) in [5.41, 5.74) is 1.04. The van der Waals surface area contributed by atoms with Gasteiger partial charge >= 0.3 is 0 Å². The van der Waals surface area contributed by atoms with Crippen LogP contribution in [0.3, 0.4) is 0 Å². The van der Waals surface area contributed by atoms with Crippen LogP contribution in [0, 0.1) is 0 Å². The minimum atomic E-state index is -3.09.